The largest absolute Gasteiger partial charge is 0.370 e. The predicted octanol–water partition coefficient (Wildman–Crippen LogP) is 3.59. The molecule has 1 aliphatic rings. The summed E-state index contributed by atoms with van der Waals surface area (Å²) in [7, 11) is 1.70. The van der Waals surface area contributed by atoms with Crippen molar-refractivity contribution in [1.82, 2.24) is 0 Å². The molecular weight excluding hydrogens is 200 g/mol. The molecule has 94 valence electrons. The third kappa shape index (κ3) is 2.65. The van der Waals surface area contributed by atoms with Crippen molar-refractivity contribution in [2.75, 3.05) is 7.11 Å². The minimum atomic E-state index is -0.455. The second-order valence-corrected chi connectivity index (χ2v) is 5.26. The second-order valence-electron chi connectivity index (χ2n) is 5.26. The van der Waals surface area contributed by atoms with E-state index in [1.54, 1.807) is 7.11 Å². The molecule has 1 saturated carbocycles. The summed E-state index contributed by atoms with van der Waals surface area (Å²) < 4.78 is 5.62. The van der Waals surface area contributed by atoms with Crippen molar-refractivity contribution in [3.05, 3.63) is 0 Å². The lowest BCUT2D eigenvalue weighted by Crippen LogP contribution is -2.46. The van der Waals surface area contributed by atoms with Gasteiger partial charge in [-0.2, -0.15) is 0 Å². The molecule has 16 heavy (non-hydrogen) atoms. The number of hydrogen-bond acceptors (Lipinski definition) is 2. The lowest BCUT2D eigenvalue weighted by molar-refractivity contribution is -0.150. The standard InChI is InChI=1S/C14H26O2/c1-5-12(6-2)13(15)14(16-4)9-7-11(3)8-10-14/h11-12H,5-10H2,1-4H3. The molecule has 2 nitrogen and oxygen atoms in total. The summed E-state index contributed by atoms with van der Waals surface area (Å²) in [6.07, 6.45) is 5.96. The van der Waals surface area contributed by atoms with Gasteiger partial charge in [-0.05, 0) is 44.4 Å². The van der Waals surface area contributed by atoms with Gasteiger partial charge in [-0.3, -0.25) is 4.79 Å². The van der Waals surface area contributed by atoms with Gasteiger partial charge < -0.3 is 4.74 Å². The molecule has 0 saturated heterocycles. The van der Waals surface area contributed by atoms with E-state index in [0.717, 1.165) is 44.4 Å². The molecule has 1 rings (SSSR count). The van der Waals surface area contributed by atoms with Gasteiger partial charge in [-0.15, -0.1) is 0 Å². The van der Waals surface area contributed by atoms with Crippen molar-refractivity contribution < 1.29 is 9.53 Å². The van der Waals surface area contributed by atoms with Crippen molar-refractivity contribution in [2.24, 2.45) is 11.8 Å². The van der Waals surface area contributed by atoms with E-state index >= 15 is 0 Å². The minimum absolute atomic E-state index is 0.188. The molecular formula is C14H26O2. The summed E-state index contributed by atoms with van der Waals surface area (Å²) in [6.45, 7) is 6.46. The molecule has 0 radical (unpaired) electrons. The first kappa shape index (κ1) is 13.7. The van der Waals surface area contributed by atoms with Gasteiger partial charge in [0.2, 0.25) is 0 Å². The average Bonchev–Trinajstić information content (AvgIpc) is 2.32. The molecule has 0 heterocycles. The highest BCUT2D eigenvalue weighted by Crippen LogP contribution is 2.37. The molecule has 1 aliphatic carbocycles. The first-order valence-corrected chi connectivity index (χ1v) is 6.69. The van der Waals surface area contributed by atoms with Gasteiger partial charge in [0.25, 0.3) is 0 Å². The Bertz CT molecular complexity index is 223. The molecule has 0 aromatic rings. The summed E-state index contributed by atoms with van der Waals surface area (Å²) in [5.41, 5.74) is -0.455. The van der Waals surface area contributed by atoms with Crippen LogP contribution >= 0.6 is 0 Å². The Labute approximate surface area is 99.8 Å². The summed E-state index contributed by atoms with van der Waals surface area (Å²) in [4.78, 5) is 12.5. The van der Waals surface area contributed by atoms with E-state index in [-0.39, 0.29) is 5.92 Å². The van der Waals surface area contributed by atoms with E-state index in [0.29, 0.717) is 5.78 Å². The third-order valence-corrected chi connectivity index (χ3v) is 4.28. The molecule has 0 aliphatic heterocycles. The topological polar surface area (TPSA) is 26.3 Å². The van der Waals surface area contributed by atoms with Crippen LogP contribution in [-0.4, -0.2) is 18.5 Å². The van der Waals surface area contributed by atoms with E-state index in [1.165, 1.54) is 0 Å². The van der Waals surface area contributed by atoms with Crippen molar-refractivity contribution >= 4 is 5.78 Å². The highest BCUT2D eigenvalue weighted by Gasteiger charge is 2.42. The lowest BCUT2D eigenvalue weighted by atomic mass is 9.73. The van der Waals surface area contributed by atoms with E-state index in [4.69, 9.17) is 4.74 Å². The normalized spacial score (nSPS) is 30.7. The summed E-state index contributed by atoms with van der Waals surface area (Å²) in [6, 6.07) is 0. The Morgan fingerprint density at radius 1 is 1.31 bits per heavy atom. The van der Waals surface area contributed by atoms with Gasteiger partial charge in [0.1, 0.15) is 5.60 Å². The van der Waals surface area contributed by atoms with Crippen LogP contribution in [0, 0.1) is 11.8 Å². The quantitative estimate of drug-likeness (QED) is 0.716. The van der Waals surface area contributed by atoms with Crippen LogP contribution in [0.3, 0.4) is 0 Å². The summed E-state index contributed by atoms with van der Waals surface area (Å²) in [5, 5.41) is 0. The van der Waals surface area contributed by atoms with Crippen LogP contribution in [0.2, 0.25) is 0 Å². The van der Waals surface area contributed by atoms with Crippen molar-refractivity contribution in [2.45, 2.75) is 64.9 Å². The van der Waals surface area contributed by atoms with Crippen LogP contribution in [0.4, 0.5) is 0 Å². The monoisotopic (exact) mass is 226 g/mol. The molecule has 0 aromatic carbocycles. The second kappa shape index (κ2) is 5.81. The molecule has 0 aromatic heterocycles. The fourth-order valence-electron chi connectivity index (χ4n) is 2.81. The zero-order valence-corrected chi connectivity index (χ0v) is 11.2. The van der Waals surface area contributed by atoms with Gasteiger partial charge in [0, 0.05) is 13.0 Å². The number of ether oxygens (including phenoxy) is 1. The number of carbonyl (C=O) groups is 1. The van der Waals surface area contributed by atoms with Gasteiger partial charge in [-0.1, -0.05) is 20.8 Å². The minimum Gasteiger partial charge on any atom is -0.370 e. The fourth-order valence-corrected chi connectivity index (χ4v) is 2.81. The predicted molar refractivity (Wildman–Crippen MR) is 66.5 cm³/mol. The molecule has 0 amide bonds. The maximum atomic E-state index is 12.5. The molecule has 2 heteroatoms. The summed E-state index contributed by atoms with van der Waals surface area (Å²) >= 11 is 0. The van der Waals surface area contributed by atoms with Crippen molar-refractivity contribution in [3.63, 3.8) is 0 Å². The number of carbonyl (C=O) groups excluding carboxylic acids is 1. The lowest BCUT2D eigenvalue weighted by Gasteiger charge is -2.38. The van der Waals surface area contributed by atoms with Crippen LogP contribution in [0.1, 0.15) is 59.3 Å². The Balaban J connectivity index is 2.75. The Morgan fingerprint density at radius 2 is 1.81 bits per heavy atom. The molecule has 0 N–H and O–H groups in total. The van der Waals surface area contributed by atoms with Gasteiger partial charge in [0.05, 0.1) is 0 Å². The van der Waals surface area contributed by atoms with Gasteiger partial charge in [-0.25, -0.2) is 0 Å². The number of rotatable bonds is 5. The van der Waals surface area contributed by atoms with E-state index in [2.05, 4.69) is 20.8 Å². The third-order valence-electron chi connectivity index (χ3n) is 4.28. The van der Waals surface area contributed by atoms with E-state index < -0.39 is 5.60 Å². The fraction of sp³-hybridized carbons (Fsp3) is 0.929. The highest BCUT2D eigenvalue weighted by molar-refractivity contribution is 5.89. The molecule has 0 unspecified atom stereocenters. The Kier molecular flexibility index (Phi) is 4.97. The Morgan fingerprint density at radius 3 is 2.19 bits per heavy atom. The molecule has 0 atom stereocenters. The zero-order chi connectivity index (χ0) is 12.2. The van der Waals surface area contributed by atoms with Crippen LogP contribution in [0.5, 0.6) is 0 Å². The van der Waals surface area contributed by atoms with E-state index in [9.17, 15) is 4.79 Å². The Hall–Kier alpha value is -0.370. The number of methoxy groups -OCH3 is 1. The molecule has 0 spiro atoms. The maximum absolute atomic E-state index is 12.5. The van der Waals surface area contributed by atoms with Crippen molar-refractivity contribution in [1.29, 1.82) is 0 Å². The van der Waals surface area contributed by atoms with Crippen molar-refractivity contribution in [3.8, 4) is 0 Å². The van der Waals surface area contributed by atoms with Gasteiger partial charge in [0.15, 0.2) is 5.78 Å². The molecule has 1 fully saturated rings. The highest BCUT2D eigenvalue weighted by atomic mass is 16.5. The van der Waals surface area contributed by atoms with E-state index in [1.807, 2.05) is 0 Å². The van der Waals surface area contributed by atoms with Crippen LogP contribution in [-0.2, 0) is 9.53 Å². The number of Topliss-reactive ketones (excluding diaryl/α,β-unsaturated/α-hetero) is 1. The maximum Gasteiger partial charge on any atom is 0.167 e. The van der Waals surface area contributed by atoms with Crippen LogP contribution in [0.15, 0.2) is 0 Å². The van der Waals surface area contributed by atoms with Crippen LogP contribution in [0.25, 0.3) is 0 Å². The number of ketones is 1. The first-order chi connectivity index (χ1) is 7.59. The first-order valence-electron chi connectivity index (χ1n) is 6.69. The SMILES string of the molecule is CCC(CC)C(=O)C1(OC)CCC(C)CC1. The number of hydrogen-bond donors (Lipinski definition) is 0. The van der Waals surface area contributed by atoms with Crippen LogP contribution < -0.4 is 0 Å². The zero-order valence-electron chi connectivity index (χ0n) is 11.2. The smallest absolute Gasteiger partial charge is 0.167 e. The molecule has 0 bridgehead atoms. The average molecular weight is 226 g/mol. The summed E-state index contributed by atoms with van der Waals surface area (Å²) in [5.74, 6) is 1.29. The van der Waals surface area contributed by atoms with Gasteiger partial charge >= 0.3 is 0 Å².